The number of halogens is 2. The van der Waals surface area contributed by atoms with E-state index >= 15 is 0 Å². The Morgan fingerprint density at radius 2 is 1.87 bits per heavy atom. The van der Waals surface area contributed by atoms with Crippen LogP contribution in [0, 0.1) is 7.14 Å². The summed E-state index contributed by atoms with van der Waals surface area (Å²) < 4.78 is 7.60. The van der Waals surface area contributed by atoms with Crippen molar-refractivity contribution in [2.75, 3.05) is 6.61 Å². The predicted molar refractivity (Wildman–Crippen MR) is 111 cm³/mol. The lowest BCUT2D eigenvalue weighted by molar-refractivity contribution is -0.124. The van der Waals surface area contributed by atoms with Crippen LogP contribution in [0.2, 0.25) is 0 Å². The van der Waals surface area contributed by atoms with Crippen LogP contribution >= 0.6 is 56.9 Å². The van der Waals surface area contributed by atoms with Gasteiger partial charge in [0.25, 0.3) is 11.1 Å². The Labute approximate surface area is 167 Å². The first-order valence-corrected chi connectivity index (χ1v) is 10.2. The normalized spacial score (nSPS) is 18.0. The Hall–Kier alpha value is -0.290. The predicted octanol–water partition coefficient (Wildman–Crippen LogP) is 5.13. The molecule has 0 radical (unpaired) electrons. The minimum Gasteiger partial charge on any atom is -0.492 e. The number of imide groups is 1. The topological polar surface area (TPSA) is 46.6 Å². The van der Waals surface area contributed by atoms with Crippen LogP contribution < -0.4 is 4.74 Å². The number of nitrogens with zero attached hydrogens (tertiary/aromatic N) is 1. The first-order valence-electron chi connectivity index (χ1n) is 7.27. The second-order valence-electron chi connectivity index (χ2n) is 5.06. The molecular formula is C16H17I2NO3S. The molecular weight excluding hydrogens is 540 g/mol. The Kier molecular flexibility index (Phi) is 6.78. The molecule has 0 N–H and O–H groups in total. The summed E-state index contributed by atoms with van der Waals surface area (Å²) in [5.74, 6) is 0.659. The van der Waals surface area contributed by atoms with Crippen molar-refractivity contribution < 1.29 is 14.3 Å². The molecule has 1 fully saturated rings. The zero-order valence-electron chi connectivity index (χ0n) is 13.1. The van der Waals surface area contributed by atoms with Crippen molar-refractivity contribution in [2.24, 2.45) is 0 Å². The van der Waals surface area contributed by atoms with Crippen LogP contribution in [0.4, 0.5) is 4.79 Å². The van der Waals surface area contributed by atoms with Crippen LogP contribution in [-0.2, 0) is 4.79 Å². The first-order chi connectivity index (χ1) is 10.9. The van der Waals surface area contributed by atoms with Crippen molar-refractivity contribution >= 4 is 74.2 Å². The second kappa shape index (κ2) is 8.19. The maximum atomic E-state index is 12.4. The molecule has 23 heavy (non-hydrogen) atoms. The van der Waals surface area contributed by atoms with Crippen molar-refractivity contribution in [3.8, 4) is 5.75 Å². The summed E-state index contributed by atoms with van der Waals surface area (Å²) >= 11 is 5.46. The lowest BCUT2D eigenvalue weighted by Crippen LogP contribution is -2.36. The smallest absolute Gasteiger partial charge is 0.293 e. The molecule has 2 amide bonds. The molecule has 1 aromatic rings. The van der Waals surface area contributed by atoms with E-state index in [0.29, 0.717) is 11.5 Å². The third-order valence-corrected chi connectivity index (χ3v) is 5.95. The Morgan fingerprint density at radius 3 is 2.39 bits per heavy atom. The minimum atomic E-state index is -0.201. The van der Waals surface area contributed by atoms with Crippen LogP contribution in [0.15, 0.2) is 17.0 Å². The molecule has 1 aliphatic heterocycles. The zero-order valence-corrected chi connectivity index (χ0v) is 18.2. The van der Waals surface area contributed by atoms with Gasteiger partial charge in [-0.3, -0.25) is 14.5 Å². The molecule has 0 aromatic heterocycles. The fourth-order valence-electron chi connectivity index (χ4n) is 2.14. The van der Waals surface area contributed by atoms with Gasteiger partial charge in [0.05, 0.1) is 18.7 Å². The van der Waals surface area contributed by atoms with Gasteiger partial charge in [0.1, 0.15) is 5.75 Å². The van der Waals surface area contributed by atoms with E-state index in [4.69, 9.17) is 4.74 Å². The van der Waals surface area contributed by atoms with Gasteiger partial charge in [0.15, 0.2) is 0 Å². The number of carbonyl (C=O) groups is 2. The van der Waals surface area contributed by atoms with E-state index in [0.717, 1.165) is 36.6 Å². The van der Waals surface area contributed by atoms with Crippen molar-refractivity contribution in [3.05, 3.63) is 29.7 Å². The summed E-state index contributed by atoms with van der Waals surface area (Å²) in [5.41, 5.74) is 0.900. The van der Waals surface area contributed by atoms with Crippen molar-refractivity contribution in [1.29, 1.82) is 0 Å². The van der Waals surface area contributed by atoms with Crippen LogP contribution in [-0.4, -0.2) is 28.7 Å². The molecule has 1 aromatic carbocycles. The Balaban J connectivity index is 2.33. The summed E-state index contributed by atoms with van der Waals surface area (Å²) in [4.78, 5) is 26.3. The van der Waals surface area contributed by atoms with Gasteiger partial charge in [-0.1, -0.05) is 6.92 Å². The van der Waals surface area contributed by atoms with Crippen LogP contribution in [0.3, 0.4) is 0 Å². The monoisotopic (exact) mass is 557 g/mol. The van der Waals surface area contributed by atoms with Gasteiger partial charge in [-0.05, 0) is 101 Å². The summed E-state index contributed by atoms with van der Waals surface area (Å²) in [5, 5.41) is -0.189. The van der Waals surface area contributed by atoms with Gasteiger partial charge in [0.2, 0.25) is 0 Å². The Morgan fingerprint density at radius 1 is 1.26 bits per heavy atom. The average molecular weight is 557 g/mol. The molecule has 0 bridgehead atoms. The van der Waals surface area contributed by atoms with Crippen LogP contribution in [0.1, 0.15) is 32.8 Å². The molecule has 124 valence electrons. The molecule has 0 spiro atoms. The molecule has 1 aliphatic rings. The number of thioether (sulfide) groups is 1. The van der Waals surface area contributed by atoms with E-state index in [2.05, 4.69) is 45.2 Å². The highest BCUT2D eigenvalue weighted by molar-refractivity contribution is 14.1. The number of hydrogen-bond donors (Lipinski definition) is 0. The largest absolute Gasteiger partial charge is 0.492 e. The van der Waals surface area contributed by atoms with Crippen LogP contribution in [0.25, 0.3) is 6.08 Å². The number of ether oxygens (including phenoxy) is 1. The van der Waals surface area contributed by atoms with E-state index < -0.39 is 0 Å². The number of carbonyl (C=O) groups excluding carboxylic acids is 2. The van der Waals surface area contributed by atoms with E-state index in [1.807, 2.05) is 32.9 Å². The van der Waals surface area contributed by atoms with E-state index in [9.17, 15) is 9.59 Å². The number of hydrogen-bond acceptors (Lipinski definition) is 4. The summed E-state index contributed by atoms with van der Waals surface area (Å²) in [7, 11) is 0. The molecule has 2 rings (SSSR count). The third-order valence-electron chi connectivity index (χ3n) is 3.46. The van der Waals surface area contributed by atoms with Crippen LogP contribution in [0.5, 0.6) is 5.75 Å². The van der Waals surface area contributed by atoms with Gasteiger partial charge in [-0.15, -0.1) is 0 Å². The van der Waals surface area contributed by atoms with Crippen molar-refractivity contribution in [1.82, 2.24) is 4.90 Å². The summed E-state index contributed by atoms with van der Waals surface area (Å²) in [6, 6.07) is 3.85. The SMILES string of the molecule is CCOc1c(I)cc(/C=C2/SC(=O)N([C@@H](C)CC)C2=O)cc1I. The molecule has 1 heterocycles. The lowest BCUT2D eigenvalue weighted by atomic mass is 10.2. The summed E-state index contributed by atoms with van der Waals surface area (Å²) in [6.45, 7) is 6.42. The van der Waals surface area contributed by atoms with E-state index in [1.165, 1.54) is 4.90 Å². The van der Waals surface area contributed by atoms with Gasteiger partial charge >= 0.3 is 0 Å². The van der Waals surface area contributed by atoms with Gasteiger partial charge < -0.3 is 4.74 Å². The Bertz CT molecular complexity index is 652. The molecule has 0 aliphatic carbocycles. The highest BCUT2D eigenvalue weighted by Gasteiger charge is 2.37. The fraction of sp³-hybridized carbons (Fsp3) is 0.375. The van der Waals surface area contributed by atoms with Crippen molar-refractivity contribution in [2.45, 2.75) is 33.2 Å². The average Bonchev–Trinajstić information content (AvgIpc) is 2.76. The highest BCUT2D eigenvalue weighted by atomic mass is 127. The summed E-state index contributed by atoms with van der Waals surface area (Å²) in [6.07, 6.45) is 2.54. The molecule has 0 saturated carbocycles. The van der Waals surface area contributed by atoms with Crippen molar-refractivity contribution in [3.63, 3.8) is 0 Å². The van der Waals surface area contributed by atoms with Gasteiger partial charge in [0, 0.05) is 6.04 Å². The highest BCUT2D eigenvalue weighted by Crippen LogP contribution is 2.36. The first kappa shape index (κ1) is 19.0. The third kappa shape index (κ3) is 4.22. The molecule has 0 unspecified atom stereocenters. The number of rotatable bonds is 5. The lowest BCUT2D eigenvalue weighted by Gasteiger charge is -2.19. The molecule has 7 heteroatoms. The van der Waals surface area contributed by atoms with E-state index in [1.54, 1.807) is 6.08 Å². The standard InChI is InChI=1S/C16H17I2NO3S/c1-4-9(3)19-15(20)13(23-16(19)21)8-10-6-11(17)14(22-5-2)12(18)7-10/h6-9H,4-5H2,1-3H3/b13-8+/t9-/m0/s1. The van der Waals surface area contributed by atoms with Gasteiger partial charge in [-0.25, -0.2) is 0 Å². The zero-order chi connectivity index (χ0) is 17.1. The fourth-order valence-corrected chi connectivity index (χ4v) is 5.20. The quantitative estimate of drug-likeness (QED) is 0.373. The van der Waals surface area contributed by atoms with E-state index in [-0.39, 0.29) is 17.2 Å². The number of benzene rings is 1. The second-order valence-corrected chi connectivity index (χ2v) is 8.37. The molecule has 4 nitrogen and oxygen atoms in total. The maximum Gasteiger partial charge on any atom is 0.293 e. The molecule has 1 saturated heterocycles. The molecule has 1 atom stereocenters. The van der Waals surface area contributed by atoms with Gasteiger partial charge in [-0.2, -0.15) is 0 Å². The minimum absolute atomic E-state index is 0.0750. The number of amides is 2. The maximum absolute atomic E-state index is 12.4.